The van der Waals surface area contributed by atoms with E-state index in [-0.39, 0.29) is 0 Å². The van der Waals surface area contributed by atoms with E-state index < -0.39 is 0 Å². The Morgan fingerprint density at radius 1 is 1.00 bits per heavy atom. The molecule has 31 heavy (non-hydrogen) atoms. The molecular weight excluding hydrogens is 378 g/mol. The molecule has 2 rings (SSSR count). The summed E-state index contributed by atoms with van der Waals surface area (Å²) in [5.74, 6) is 0. The zero-order chi connectivity index (χ0) is 22.6. The lowest BCUT2D eigenvalue weighted by atomic mass is 9.97. The Morgan fingerprint density at radius 3 is 2.29 bits per heavy atom. The van der Waals surface area contributed by atoms with E-state index in [1.54, 1.807) is 0 Å². The summed E-state index contributed by atoms with van der Waals surface area (Å²) in [7, 11) is 0. The molecule has 0 radical (unpaired) electrons. The van der Waals surface area contributed by atoms with Crippen LogP contribution in [0.2, 0.25) is 0 Å². The second-order valence-corrected chi connectivity index (χ2v) is 9.42. The van der Waals surface area contributed by atoms with Crippen LogP contribution in [0, 0.1) is 0 Å². The summed E-state index contributed by atoms with van der Waals surface area (Å²) in [6, 6.07) is 0.306. The van der Waals surface area contributed by atoms with Crippen LogP contribution in [-0.4, -0.2) is 30.6 Å². The summed E-state index contributed by atoms with van der Waals surface area (Å²) in [5, 5.41) is 6.83. The van der Waals surface area contributed by atoms with Gasteiger partial charge in [0.15, 0.2) is 0 Å². The molecule has 2 N–H and O–H groups in total. The van der Waals surface area contributed by atoms with Crippen molar-refractivity contribution < 1.29 is 0 Å². The molecule has 3 nitrogen and oxygen atoms in total. The minimum Gasteiger partial charge on any atom is -0.362 e. The van der Waals surface area contributed by atoms with Gasteiger partial charge in [-0.15, -0.1) is 0 Å². The van der Waals surface area contributed by atoms with Gasteiger partial charge in [-0.25, -0.2) is 0 Å². The van der Waals surface area contributed by atoms with Gasteiger partial charge in [0.25, 0.3) is 0 Å². The molecule has 0 aliphatic carbocycles. The molecule has 0 aromatic rings. The van der Waals surface area contributed by atoms with Crippen molar-refractivity contribution in [2.45, 2.75) is 96.9 Å². The highest BCUT2D eigenvalue weighted by molar-refractivity contribution is 5.48. The highest BCUT2D eigenvalue weighted by Crippen LogP contribution is 2.37. The number of hydrogen-bond acceptors (Lipinski definition) is 3. The average Bonchev–Trinajstić information content (AvgIpc) is 3.03. The third-order valence-electron chi connectivity index (χ3n) is 6.83. The second-order valence-electron chi connectivity index (χ2n) is 9.42. The number of nitrogens with zero attached hydrogens (tertiary/aromatic N) is 1. The summed E-state index contributed by atoms with van der Waals surface area (Å²) in [6.07, 6.45) is 15.2. The number of allylic oxidation sites excluding steroid dienone is 2. The molecule has 1 fully saturated rings. The first kappa shape index (κ1) is 25.5. The van der Waals surface area contributed by atoms with E-state index in [0.29, 0.717) is 6.04 Å². The highest BCUT2D eigenvalue weighted by atomic mass is 15.2. The van der Waals surface area contributed by atoms with Gasteiger partial charge in [0, 0.05) is 23.6 Å². The van der Waals surface area contributed by atoms with E-state index in [4.69, 9.17) is 0 Å². The van der Waals surface area contributed by atoms with Crippen LogP contribution in [0.3, 0.4) is 0 Å². The second kappa shape index (κ2) is 13.6. The first-order valence-electron chi connectivity index (χ1n) is 12.6. The maximum atomic E-state index is 4.44. The third kappa shape index (κ3) is 8.03. The third-order valence-corrected chi connectivity index (χ3v) is 6.83. The van der Waals surface area contributed by atoms with Gasteiger partial charge < -0.3 is 15.5 Å². The summed E-state index contributed by atoms with van der Waals surface area (Å²) >= 11 is 0. The molecule has 0 aromatic carbocycles. The number of rotatable bonds is 15. The van der Waals surface area contributed by atoms with Crippen LogP contribution in [0.15, 0.2) is 60.1 Å². The molecule has 0 amide bonds. The van der Waals surface area contributed by atoms with Gasteiger partial charge in [-0.1, -0.05) is 71.8 Å². The molecule has 0 saturated carbocycles. The normalized spacial score (nSPS) is 19.4. The summed E-state index contributed by atoms with van der Waals surface area (Å²) < 4.78 is 0. The van der Waals surface area contributed by atoms with E-state index >= 15 is 0 Å². The number of nitrogens with one attached hydrogen (secondary N) is 2. The van der Waals surface area contributed by atoms with Gasteiger partial charge in [-0.05, 0) is 75.3 Å². The van der Waals surface area contributed by atoms with Gasteiger partial charge in [-0.3, -0.25) is 0 Å². The maximum Gasteiger partial charge on any atom is 0.0693 e. The Kier molecular flexibility index (Phi) is 11.2. The van der Waals surface area contributed by atoms with Gasteiger partial charge in [0.1, 0.15) is 0 Å². The molecule has 2 aliphatic rings. The van der Waals surface area contributed by atoms with Crippen molar-refractivity contribution in [3.8, 4) is 0 Å². The molecule has 0 spiro atoms. The zero-order valence-electron chi connectivity index (χ0n) is 20.5. The van der Waals surface area contributed by atoms with Crippen LogP contribution >= 0.6 is 0 Å². The molecule has 3 heteroatoms. The van der Waals surface area contributed by atoms with Gasteiger partial charge in [0.05, 0.1) is 6.04 Å². The first-order chi connectivity index (χ1) is 15.0. The van der Waals surface area contributed by atoms with Crippen LogP contribution in [0.5, 0.6) is 0 Å². The van der Waals surface area contributed by atoms with Crippen molar-refractivity contribution in [3.63, 3.8) is 0 Å². The van der Waals surface area contributed by atoms with E-state index in [1.807, 2.05) is 0 Å². The molecular formula is C28H47N3. The van der Waals surface area contributed by atoms with Gasteiger partial charge in [-0.2, -0.15) is 0 Å². The van der Waals surface area contributed by atoms with Crippen LogP contribution in [0.1, 0.15) is 90.9 Å². The fraction of sp³-hybridized carbons (Fsp3) is 0.643. The lowest BCUT2D eigenvalue weighted by molar-refractivity contribution is 0.289. The molecule has 2 aliphatic heterocycles. The van der Waals surface area contributed by atoms with Crippen molar-refractivity contribution in [1.82, 2.24) is 15.5 Å². The predicted octanol–water partition coefficient (Wildman–Crippen LogP) is 6.98. The van der Waals surface area contributed by atoms with Crippen LogP contribution in [-0.2, 0) is 0 Å². The monoisotopic (exact) mass is 425 g/mol. The van der Waals surface area contributed by atoms with E-state index in [1.165, 1.54) is 81.1 Å². The Bertz CT molecular complexity index is 670. The standard InChI is InChI=1S/C28H47N3/c1-7-19-29-20-15-13-11-9-8-10-12-14-16-22(2)27-21-31(26(6)24(27)4)28-18-17-23(3)30-25(28)5/h28-30H,2-3,5-21H2,1,4H3. The molecule has 0 bridgehead atoms. The van der Waals surface area contributed by atoms with Crippen molar-refractivity contribution in [3.05, 3.63) is 60.1 Å². The fourth-order valence-electron chi connectivity index (χ4n) is 4.75. The molecule has 2 heterocycles. The van der Waals surface area contributed by atoms with Crippen molar-refractivity contribution in [1.29, 1.82) is 0 Å². The lowest BCUT2D eigenvalue weighted by Crippen LogP contribution is -2.41. The Labute approximate surface area is 192 Å². The van der Waals surface area contributed by atoms with E-state index in [0.717, 1.165) is 49.4 Å². The maximum absolute atomic E-state index is 4.44. The molecule has 1 saturated heterocycles. The Morgan fingerprint density at radius 2 is 1.65 bits per heavy atom. The van der Waals surface area contributed by atoms with Crippen molar-refractivity contribution >= 4 is 0 Å². The SMILES string of the molecule is C=C1CCC(N2CC(C(=C)CCCCCCCCCCNCCC)=C(C)C2=C)C(=C)N1. The van der Waals surface area contributed by atoms with Crippen molar-refractivity contribution in [2.75, 3.05) is 19.6 Å². The van der Waals surface area contributed by atoms with E-state index in [2.05, 4.69) is 55.7 Å². The summed E-state index contributed by atoms with van der Waals surface area (Å²) in [4.78, 5) is 2.41. The predicted molar refractivity (Wildman–Crippen MR) is 137 cm³/mol. The Hall–Kier alpha value is -1.74. The summed E-state index contributed by atoms with van der Waals surface area (Å²) in [6.45, 7) is 24.8. The average molecular weight is 426 g/mol. The lowest BCUT2D eigenvalue weighted by Gasteiger charge is -2.37. The molecule has 1 unspecified atom stereocenters. The minimum absolute atomic E-state index is 0.306. The fourth-order valence-corrected chi connectivity index (χ4v) is 4.75. The van der Waals surface area contributed by atoms with Crippen LogP contribution in [0.25, 0.3) is 0 Å². The Balaban J connectivity index is 1.60. The summed E-state index contributed by atoms with van der Waals surface area (Å²) in [5.41, 5.74) is 7.29. The van der Waals surface area contributed by atoms with Gasteiger partial charge >= 0.3 is 0 Å². The first-order valence-corrected chi connectivity index (χ1v) is 12.6. The molecule has 1 atom stereocenters. The zero-order valence-corrected chi connectivity index (χ0v) is 20.5. The smallest absolute Gasteiger partial charge is 0.0693 e. The number of hydrogen-bond donors (Lipinski definition) is 2. The number of unbranched alkanes of at least 4 members (excludes halogenated alkanes) is 7. The van der Waals surface area contributed by atoms with Gasteiger partial charge in [0.2, 0.25) is 0 Å². The van der Waals surface area contributed by atoms with E-state index in [9.17, 15) is 0 Å². The largest absolute Gasteiger partial charge is 0.362 e. The van der Waals surface area contributed by atoms with Crippen LogP contribution in [0.4, 0.5) is 0 Å². The topological polar surface area (TPSA) is 27.3 Å². The number of piperidine rings is 1. The van der Waals surface area contributed by atoms with Crippen molar-refractivity contribution in [2.24, 2.45) is 0 Å². The van der Waals surface area contributed by atoms with Crippen LogP contribution < -0.4 is 10.6 Å². The minimum atomic E-state index is 0.306. The highest BCUT2D eigenvalue weighted by Gasteiger charge is 2.32. The quantitative estimate of drug-likeness (QED) is 0.277. The molecule has 174 valence electrons. The molecule has 0 aromatic heterocycles.